The average Bonchev–Trinajstić information content (AvgIpc) is 2.75. The van der Waals surface area contributed by atoms with Crippen LogP contribution in [0.3, 0.4) is 0 Å². The summed E-state index contributed by atoms with van der Waals surface area (Å²) in [6.45, 7) is 0.822. The SMILES string of the molecule is COC(=O)CCCCCn1cccc1C=O. The molecule has 0 fully saturated rings. The zero-order chi connectivity index (χ0) is 11.8. The molecule has 0 N–H and O–H groups in total. The van der Waals surface area contributed by atoms with Gasteiger partial charge in [0.25, 0.3) is 0 Å². The normalized spacial score (nSPS) is 10.1. The van der Waals surface area contributed by atoms with Gasteiger partial charge in [-0.05, 0) is 25.0 Å². The maximum absolute atomic E-state index is 10.8. The first-order chi connectivity index (χ1) is 7.77. The zero-order valence-electron chi connectivity index (χ0n) is 9.52. The minimum absolute atomic E-state index is 0.158. The Morgan fingerprint density at radius 3 is 2.94 bits per heavy atom. The molecule has 0 saturated heterocycles. The van der Waals surface area contributed by atoms with Crippen molar-refractivity contribution in [2.24, 2.45) is 0 Å². The summed E-state index contributed by atoms with van der Waals surface area (Å²) < 4.78 is 6.47. The van der Waals surface area contributed by atoms with Gasteiger partial charge in [0.15, 0.2) is 6.29 Å². The van der Waals surface area contributed by atoms with Crippen LogP contribution in [0.4, 0.5) is 0 Å². The number of rotatable bonds is 7. The van der Waals surface area contributed by atoms with Gasteiger partial charge >= 0.3 is 5.97 Å². The number of carbonyl (C=O) groups excluding carboxylic acids is 2. The standard InChI is InChI=1S/C12H17NO3/c1-16-12(15)7-3-2-4-8-13-9-5-6-11(13)10-14/h5-6,9-10H,2-4,7-8H2,1H3. The fourth-order valence-corrected chi connectivity index (χ4v) is 1.57. The number of hydrogen-bond donors (Lipinski definition) is 0. The number of ether oxygens (including phenoxy) is 1. The van der Waals surface area contributed by atoms with Crippen molar-refractivity contribution in [3.63, 3.8) is 0 Å². The number of carbonyl (C=O) groups is 2. The molecule has 0 spiro atoms. The monoisotopic (exact) mass is 223 g/mol. The van der Waals surface area contributed by atoms with Gasteiger partial charge in [0, 0.05) is 19.2 Å². The summed E-state index contributed by atoms with van der Waals surface area (Å²) in [6, 6.07) is 3.65. The van der Waals surface area contributed by atoms with E-state index in [4.69, 9.17) is 0 Å². The summed E-state index contributed by atoms with van der Waals surface area (Å²) >= 11 is 0. The molecule has 1 aromatic heterocycles. The number of esters is 1. The van der Waals surface area contributed by atoms with E-state index in [1.807, 2.05) is 16.8 Å². The molecule has 0 unspecified atom stereocenters. The smallest absolute Gasteiger partial charge is 0.305 e. The van der Waals surface area contributed by atoms with Gasteiger partial charge in [-0.3, -0.25) is 9.59 Å². The first-order valence-corrected chi connectivity index (χ1v) is 5.45. The largest absolute Gasteiger partial charge is 0.469 e. The Bertz CT molecular complexity index is 344. The van der Waals surface area contributed by atoms with Crippen molar-refractivity contribution < 1.29 is 14.3 Å². The number of nitrogens with zero attached hydrogens (tertiary/aromatic N) is 1. The highest BCUT2D eigenvalue weighted by Gasteiger charge is 2.01. The first-order valence-electron chi connectivity index (χ1n) is 5.45. The summed E-state index contributed by atoms with van der Waals surface area (Å²) in [5, 5.41) is 0. The molecule has 1 aromatic rings. The van der Waals surface area contributed by atoms with E-state index in [1.165, 1.54) is 7.11 Å². The maximum atomic E-state index is 10.8. The van der Waals surface area contributed by atoms with Crippen molar-refractivity contribution in [3.8, 4) is 0 Å². The van der Waals surface area contributed by atoms with Gasteiger partial charge in [0.05, 0.1) is 12.8 Å². The van der Waals surface area contributed by atoms with Crippen LogP contribution in [0, 0.1) is 0 Å². The van der Waals surface area contributed by atoms with Crippen LogP contribution in [0.2, 0.25) is 0 Å². The van der Waals surface area contributed by atoms with E-state index < -0.39 is 0 Å². The number of aryl methyl sites for hydroxylation is 1. The van der Waals surface area contributed by atoms with Crippen LogP contribution >= 0.6 is 0 Å². The van der Waals surface area contributed by atoms with Gasteiger partial charge < -0.3 is 9.30 Å². The molecule has 0 aromatic carbocycles. The van der Waals surface area contributed by atoms with Gasteiger partial charge in [-0.2, -0.15) is 0 Å². The molecule has 1 heterocycles. The van der Waals surface area contributed by atoms with E-state index in [9.17, 15) is 9.59 Å². The third-order valence-electron chi connectivity index (χ3n) is 2.49. The maximum Gasteiger partial charge on any atom is 0.305 e. The Morgan fingerprint density at radius 1 is 1.44 bits per heavy atom. The third kappa shape index (κ3) is 3.88. The van der Waals surface area contributed by atoms with E-state index >= 15 is 0 Å². The van der Waals surface area contributed by atoms with Gasteiger partial charge in [0.2, 0.25) is 0 Å². The van der Waals surface area contributed by atoms with Crippen LogP contribution in [0.5, 0.6) is 0 Å². The molecular formula is C12H17NO3. The molecular weight excluding hydrogens is 206 g/mol. The second-order valence-corrected chi connectivity index (χ2v) is 3.63. The van der Waals surface area contributed by atoms with Crippen molar-refractivity contribution in [3.05, 3.63) is 24.0 Å². The van der Waals surface area contributed by atoms with E-state index in [1.54, 1.807) is 6.07 Å². The Hall–Kier alpha value is -1.58. The van der Waals surface area contributed by atoms with E-state index in [0.29, 0.717) is 12.1 Å². The molecule has 4 heteroatoms. The molecule has 0 bridgehead atoms. The molecule has 0 saturated carbocycles. The van der Waals surface area contributed by atoms with Crippen LogP contribution < -0.4 is 0 Å². The van der Waals surface area contributed by atoms with Gasteiger partial charge in [-0.1, -0.05) is 6.42 Å². The number of unbranched alkanes of at least 4 members (excludes halogenated alkanes) is 2. The topological polar surface area (TPSA) is 48.3 Å². The Balaban J connectivity index is 2.16. The fraction of sp³-hybridized carbons (Fsp3) is 0.500. The molecule has 0 aliphatic heterocycles. The predicted octanol–water partition coefficient (Wildman–Crippen LogP) is 2.03. The van der Waals surface area contributed by atoms with Crippen molar-refractivity contribution in [2.75, 3.05) is 7.11 Å². The lowest BCUT2D eigenvalue weighted by Gasteiger charge is -2.04. The van der Waals surface area contributed by atoms with E-state index in [0.717, 1.165) is 32.1 Å². The summed E-state index contributed by atoms with van der Waals surface area (Å²) in [7, 11) is 1.40. The number of methoxy groups -OCH3 is 1. The van der Waals surface area contributed by atoms with Gasteiger partial charge in [-0.15, -0.1) is 0 Å². The van der Waals surface area contributed by atoms with Crippen LogP contribution in [0.1, 0.15) is 36.2 Å². The summed E-state index contributed by atoms with van der Waals surface area (Å²) in [5.74, 6) is -0.158. The minimum atomic E-state index is -0.158. The van der Waals surface area contributed by atoms with Crippen molar-refractivity contribution in [1.82, 2.24) is 4.57 Å². The highest BCUT2D eigenvalue weighted by atomic mass is 16.5. The van der Waals surface area contributed by atoms with Crippen LogP contribution in [-0.4, -0.2) is 23.9 Å². The van der Waals surface area contributed by atoms with Gasteiger partial charge in [0.1, 0.15) is 0 Å². The van der Waals surface area contributed by atoms with Gasteiger partial charge in [-0.25, -0.2) is 0 Å². The fourth-order valence-electron chi connectivity index (χ4n) is 1.57. The molecule has 4 nitrogen and oxygen atoms in total. The molecule has 0 aliphatic carbocycles. The Kier molecular flexibility index (Phi) is 5.32. The number of aromatic nitrogens is 1. The Labute approximate surface area is 95.2 Å². The molecule has 1 rings (SSSR count). The average molecular weight is 223 g/mol. The number of hydrogen-bond acceptors (Lipinski definition) is 3. The predicted molar refractivity (Wildman–Crippen MR) is 60.3 cm³/mol. The van der Waals surface area contributed by atoms with E-state index in [2.05, 4.69) is 4.74 Å². The molecule has 88 valence electrons. The van der Waals surface area contributed by atoms with Crippen molar-refractivity contribution in [2.45, 2.75) is 32.2 Å². The lowest BCUT2D eigenvalue weighted by atomic mass is 10.2. The molecule has 0 atom stereocenters. The third-order valence-corrected chi connectivity index (χ3v) is 2.49. The highest BCUT2D eigenvalue weighted by molar-refractivity contribution is 5.72. The van der Waals surface area contributed by atoms with Crippen molar-refractivity contribution in [1.29, 1.82) is 0 Å². The Morgan fingerprint density at radius 2 is 2.25 bits per heavy atom. The van der Waals surface area contributed by atoms with E-state index in [-0.39, 0.29) is 5.97 Å². The zero-order valence-corrected chi connectivity index (χ0v) is 9.52. The summed E-state index contributed by atoms with van der Waals surface area (Å²) in [4.78, 5) is 21.5. The molecule has 0 radical (unpaired) electrons. The first kappa shape index (κ1) is 12.5. The van der Waals surface area contributed by atoms with Crippen LogP contribution in [0.25, 0.3) is 0 Å². The lowest BCUT2D eigenvalue weighted by Crippen LogP contribution is -2.02. The molecule has 0 amide bonds. The minimum Gasteiger partial charge on any atom is -0.469 e. The lowest BCUT2D eigenvalue weighted by molar-refractivity contribution is -0.140. The highest BCUT2D eigenvalue weighted by Crippen LogP contribution is 2.06. The summed E-state index contributed by atoms with van der Waals surface area (Å²) in [5.41, 5.74) is 0.702. The second-order valence-electron chi connectivity index (χ2n) is 3.63. The van der Waals surface area contributed by atoms with Crippen molar-refractivity contribution >= 4 is 12.3 Å². The second kappa shape index (κ2) is 6.82. The molecule has 0 aliphatic rings. The quantitative estimate of drug-likeness (QED) is 0.403. The van der Waals surface area contributed by atoms with Crippen LogP contribution in [-0.2, 0) is 16.1 Å². The number of aldehydes is 1. The van der Waals surface area contributed by atoms with Crippen LogP contribution in [0.15, 0.2) is 18.3 Å². The summed E-state index contributed by atoms with van der Waals surface area (Å²) in [6.07, 6.45) is 5.99. The molecule has 16 heavy (non-hydrogen) atoms.